The second kappa shape index (κ2) is 6.37. The van der Waals surface area contributed by atoms with Gasteiger partial charge in [-0.25, -0.2) is 5.01 Å². The van der Waals surface area contributed by atoms with Gasteiger partial charge in [-0.2, -0.15) is 5.10 Å². The summed E-state index contributed by atoms with van der Waals surface area (Å²) in [5.74, 6) is 2.16. The van der Waals surface area contributed by atoms with Gasteiger partial charge in [-0.05, 0) is 30.3 Å². The van der Waals surface area contributed by atoms with Crippen LogP contribution in [0.5, 0.6) is 11.5 Å². The highest BCUT2D eigenvalue weighted by Gasteiger charge is 2.41. The number of hydrazone groups is 1. The van der Waals surface area contributed by atoms with Crippen molar-refractivity contribution in [2.24, 2.45) is 11.0 Å². The minimum Gasteiger partial charge on any atom is -0.497 e. The Labute approximate surface area is 156 Å². The van der Waals surface area contributed by atoms with Crippen molar-refractivity contribution in [1.82, 2.24) is 5.01 Å². The molecule has 4 rings (SSSR count). The van der Waals surface area contributed by atoms with Crippen LogP contribution in [0.15, 0.2) is 52.0 Å². The van der Waals surface area contributed by atoms with Gasteiger partial charge in [0.25, 0.3) is 0 Å². The van der Waals surface area contributed by atoms with Crippen LogP contribution >= 0.6 is 15.9 Å². The molecule has 0 saturated heterocycles. The lowest BCUT2D eigenvalue weighted by Gasteiger charge is -2.40. The summed E-state index contributed by atoms with van der Waals surface area (Å²) in [5.41, 5.74) is 3.37. The number of fused-ring (bicyclic) bond motifs is 3. The first-order valence-corrected chi connectivity index (χ1v) is 9.32. The number of benzene rings is 2. The Hall–Kier alpha value is -2.01. The summed E-state index contributed by atoms with van der Waals surface area (Å²) in [6.07, 6.45) is 0.810. The van der Waals surface area contributed by atoms with Crippen molar-refractivity contribution in [3.63, 3.8) is 0 Å². The largest absolute Gasteiger partial charge is 0.497 e. The van der Waals surface area contributed by atoms with Gasteiger partial charge in [0.15, 0.2) is 6.23 Å². The molecule has 25 heavy (non-hydrogen) atoms. The first kappa shape index (κ1) is 16.5. The molecule has 4 nitrogen and oxygen atoms in total. The van der Waals surface area contributed by atoms with E-state index in [4.69, 9.17) is 14.6 Å². The van der Waals surface area contributed by atoms with Gasteiger partial charge in [0, 0.05) is 27.9 Å². The van der Waals surface area contributed by atoms with E-state index < -0.39 is 0 Å². The molecule has 0 aliphatic carbocycles. The molecule has 2 atom stereocenters. The lowest BCUT2D eigenvalue weighted by Crippen LogP contribution is -2.43. The van der Waals surface area contributed by atoms with E-state index in [0.29, 0.717) is 5.92 Å². The minimum atomic E-state index is -0.0539. The third-order valence-electron chi connectivity index (χ3n) is 4.75. The first-order chi connectivity index (χ1) is 12.1. The van der Waals surface area contributed by atoms with E-state index in [0.717, 1.165) is 33.7 Å². The number of methoxy groups -OCH3 is 1. The predicted octanol–water partition coefficient (Wildman–Crippen LogP) is 4.98. The Morgan fingerprint density at radius 1 is 1.24 bits per heavy atom. The minimum absolute atomic E-state index is 0.0539. The van der Waals surface area contributed by atoms with Crippen molar-refractivity contribution in [1.29, 1.82) is 0 Å². The average molecular weight is 401 g/mol. The van der Waals surface area contributed by atoms with Crippen LogP contribution in [0.1, 0.15) is 37.4 Å². The Morgan fingerprint density at radius 3 is 2.84 bits per heavy atom. The number of hydrogen-bond donors (Lipinski definition) is 0. The highest BCUT2D eigenvalue weighted by molar-refractivity contribution is 9.10. The van der Waals surface area contributed by atoms with Crippen LogP contribution in [-0.2, 0) is 0 Å². The fourth-order valence-corrected chi connectivity index (χ4v) is 3.88. The molecule has 0 saturated carbocycles. The van der Waals surface area contributed by atoms with Gasteiger partial charge in [0.1, 0.15) is 11.5 Å². The van der Waals surface area contributed by atoms with Gasteiger partial charge in [0.2, 0.25) is 0 Å². The van der Waals surface area contributed by atoms with E-state index in [1.807, 2.05) is 24.3 Å². The third kappa shape index (κ3) is 2.91. The monoisotopic (exact) mass is 400 g/mol. The molecule has 2 aromatic carbocycles. The summed E-state index contributed by atoms with van der Waals surface area (Å²) in [4.78, 5) is 0. The molecule has 2 aliphatic rings. The van der Waals surface area contributed by atoms with E-state index in [9.17, 15) is 0 Å². The quantitative estimate of drug-likeness (QED) is 0.727. The van der Waals surface area contributed by atoms with Crippen molar-refractivity contribution in [2.75, 3.05) is 7.11 Å². The molecule has 2 aliphatic heterocycles. The maximum Gasteiger partial charge on any atom is 0.190 e. The van der Waals surface area contributed by atoms with Crippen LogP contribution in [0.2, 0.25) is 0 Å². The molecule has 0 unspecified atom stereocenters. The van der Waals surface area contributed by atoms with Crippen molar-refractivity contribution in [2.45, 2.75) is 32.5 Å². The molecular formula is C20H21BrN2O2. The zero-order valence-corrected chi connectivity index (χ0v) is 16.2. The van der Waals surface area contributed by atoms with E-state index in [2.05, 4.69) is 53.0 Å². The average Bonchev–Trinajstić information content (AvgIpc) is 3.06. The molecule has 0 spiro atoms. The van der Waals surface area contributed by atoms with E-state index in [-0.39, 0.29) is 12.3 Å². The molecule has 0 amide bonds. The van der Waals surface area contributed by atoms with E-state index in [1.54, 1.807) is 7.11 Å². The first-order valence-electron chi connectivity index (χ1n) is 8.53. The lowest BCUT2D eigenvalue weighted by molar-refractivity contribution is -0.0461. The summed E-state index contributed by atoms with van der Waals surface area (Å²) in [6.45, 7) is 4.34. The second-order valence-corrected chi connectivity index (χ2v) is 7.73. The number of halogens is 1. The molecule has 130 valence electrons. The highest BCUT2D eigenvalue weighted by atomic mass is 79.9. The molecule has 2 aromatic rings. The topological polar surface area (TPSA) is 34.1 Å². The van der Waals surface area contributed by atoms with Gasteiger partial charge >= 0.3 is 0 Å². The SMILES string of the molecule is COc1cccc(C2=NN3[C@@H](C2)c2cc(Br)ccc2O[C@H]3C(C)C)c1. The lowest BCUT2D eigenvalue weighted by atomic mass is 9.95. The van der Waals surface area contributed by atoms with Crippen molar-refractivity contribution in [3.05, 3.63) is 58.1 Å². The van der Waals surface area contributed by atoms with Gasteiger partial charge in [-0.1, -0.05) is 41.9 Å². The number of ether oxygens (including phenoxy) is 2. The van der Waals surface area contributed by atoms with E-state index in [1.165, 1.54) is 5.56 Å². The zero-order chi connectivity index (χ0) is 17.6. The Bertz CT molecular complexity index is 834. The molecule has 0 bridgehead atoms. The van der Waals surface area contributed by atoms with Gasteiger partial charge in [-0.3, -0.25) is 0 Å². The van der Waals surface area contributed by atoms with Gasteiger partial charge in [0.05, 0.1) is 18.9 Å². The fraction of sp³-hybridized carbons (Fsp3) is 0.350. The van der Waals surface area contributed by atoms with Crippen LogP contribution in [0, 0.1) is 5.92 Å². The third-order valence-corrected chi connectivity index (χ3v) is 5.25. The fourth-order valence-electron chi connectivity index (χ4n) is 3.50. The molecule has 0 aromatic heterocycles. The smallest absolute Gasteiger partial charge is 0.190 e. The maximum absolute atomic E-state index is 6.26. The standard InChI is InChI=1S/C20H21BrN2O2/c1-12(2)20-23-18(16-10-14(21)7-8-19(16)25-20)11-17(22-23)13-5-4-6-15(9-13)24-3/h4-10,12,18,20H,11H2,1-3H3/t18-,20-/m0/s1. The normalized spacial score (nSPS) is 21.5. The highest BCUT2D eigenvalue weighted by Crippen LogP contribution is 2.45. The summed E-state index contributed by atoms with van der Waals surface area (Å²) in [5, 5.41) is 7.07. The van der Waals surface area contributed by atoms with Crippen molar-refractivity contribution >= 4 is 21.6 Å². The second-order valence-electron chi connectivity index (χ2n) is 6.81. The summed E-state index contributed by atoms with van der Waals surface area (Å²) in [6, 6.07) is 14.5. The number of rotatable bonds is 3. The Kier molecular flexibility index (Phi) is 4.20. The van der Waals surface area contributed by atoms with Crippen molar-refractivity contribution < 1.29 is 9.47 Å². The van der Waals surface area contributed by atoms with Crippen LogP contribution in [0.25, 0.3) is 0 Å². The van der Waals surface area contributed by atoms with Gasteiger partial charge in [-0.15, -0.1) is 0 Å². The predicted molar refractivity (Wildman–Crippen MR) is 102 cm³/mol. The molecule has 2 heterocycles. The number of hydrogen-bond acceptors (Lipinski definition) is 4. The van der Waals surface area contributed by atoms with E-state index >= 15 is 0 Å². The summed E-state index contributed by atoms with van der Waals surface area (Å²) < 4.78 is 12.7. The Balaban J connectivity index is 1.75. The summed E-state index contributed by atoms with van der Waals surface area (Å²) in [7, 11) is 1.69. The zero-order valence-electron chi connectivity index (χ0n) is 14.6. The molecule has 0 fully saturated rings. The van der Waals surface area contributed by atoms with Crippen LogP contribution in [-0.4, -0.2) is 24.1 Å². The van der Waals surface area contributed by atoms with Crippen LogP contribution < -0.4 is 9.47 Å². The van der Waals surface area contributed by atoms with Gasteiger partial charge < -0.3 is 9.47 Å². The molecule has 0 N–H and O–H groups in total. The molecule has 5 heteroatoms. The van der Waals surface area contributed by atoms with Crippen molar-refractivity contribution in [3.8, 4) is 11.5 Å². The van der Waals surface area contributed by atoms with Crippen LogP contribution in [0.4, 0.5) is 0 Å². The molecule has 0 radical (unpaired) electrons. The Morgan fingerprint density at radius 2 is 2.08 bits per heavy atom. The van der Waals surface area contributed by atoms with Crippen LogP contribution in [0.3, 0.4) is 0 Å². The molecular weight excluding hydrogens is 380 g/mol. The number of nitrogens with zero attached hydrogens (tertiary/aromatic N) is 2. The summed E-state index contributed by atoms with van der Waals surface area (Å²) >= 11 is 3.58. The maximum atomic E-state index is 6.26.